The Morgan fingerprint density at radius 3 is 2.55 bits per heavy atom. The van der Waals surface area contributed by atoms with Crippen molar-refractivity contribution in [2.45, 2.75) is 19.0 Å². The van der Waals surface area contributed by atoms with Crippen LogP contribution in [0.3, 0.4) is 0 Å². The molecule has 1 fully saturated rings. The molecule has 2 N–H and O–H groups in total. The summed E-state index contributed by atoms with van der Waals surface area (Å²) in [4.78, 5) is 34.3. The van der Waals surface area contributed by atoms with Crippen molar-refractivity contribution in [2.75, 3.05) is 29.9 Å². The number of hydrogen-bond donors (Lipinski definition) is 2. The first-order valence-electron chi connectivity index (χ1n) is 9.10. The molecule has 1 aromatic carbocycles. The second kappa shape index (κ2) is 8.89. The van der Waals surface area contributed by atoms with E-state index < -0.39 is 23.6 Å². The molecule has 2 aromatic rings. The monoisotopic (exact) mass is 407 g/mol. The number of piperidine rings is 1. The smallest absolute Gasteiger partial charge is 0.355 e. The van der Waals surface area contributed by atoms with Gasteiger partial charge in [-0.1, -0.05) is 6.07 Å². The quantitative estimate of drug-likeness (QED) is 0.761. The summed E-state index contributed by atoms with van der Waals surface area (Å²) in [6.45, 7) is 1.84. The number of benzene rings is 1. The largest absolute Gasteiger partial charge is 0.416 e. The molecule has 1 aromatic heterocycles. The first kappa shape index (κ1) is 20.6. The van der Waals surface area contributed by atoms with E-state index in [1.807, 2.05) is 0 Å². The molecule has 0 saturated carbocycles. The van der Waals surface area contributed by atoms with Crippen LogP contribution in [0.1, 0.15) is 18.4 Å². The summed E-state index contributed by atoms with van der Waals surface area (Å²) in [6.07, 6.45) is 2.03. The molecule has 154 valence electrons. The van der Waals surface area contributed by atoms with E-state index in [1.54, 1.807) is 18.6 Å². The van der Waals surface area contributed by atoms with Crippen molar-refractivity contribution >= 4 is 23.3 Å². The van der Waals surface area contributed by atoms with Crippen molar-refractivity contribution in [1.29, 1.82) is 0 Å². The maximum absolute atomic E-state index is 12.7. The Kier molecular flexibility index (Phi) is 6.30. The van der Waals surface area contributed by atoms with Crippen LogP contribution in [0.5, 0.6) is 0 Å². The average molecular weight is 407 g/mol. The summed E-state index contributed by atoms with van der Waals surface area (Å²) < 4.78 is 38.2. The SMILES string of the molecule is O=C(NCC1CCN(c2cnccn2)CC1)C(=O)Nc1cccc(C(F)(F)F)c1. The molecule has 10 heteroatoms. The third-order valence-electron chi connectivity index (χ3n) is 4.69. The number of nitrogens with one attached hydrogen (secondary N) is 2. The van der Waals surface area contributed by atoms with Crippen LogP contribution in [-0.4, -0.2) is 41.4 Å². The zero-order valence-electron chi connectivity index (χ0n) is 15.4. The van der Waals surface area contributed by atoms with Gasteiger partial charge in [0.25, 0.3) is 0 Å². The van der Waals surface area contributed by atoms with Crippen LogP contribution in [0.4, 0.5) is 24.7 Å². The normalized spacial score (nSPS) is 15.1. The summed E-state index contributed by atoms with van der Waals surface area (Å²) in [6, 6.07) is 4.14. The topological polar surface area (TPSA) is 87.2 Å². The summed E-state index contributed by atoms with van der Waals surface area (Å²) in [5.74, 6) is -0.872. The zero-order chi connectivity index (χ0) is 20.9. The lowest BCUT2D eigenvalue weighted by Crippen LogP contribution is -2.42. The molecule has 1 aliphatic rings. The third-order valence-corrected chi connectivity index (χ3v) is 4.69. The van der Waals surface area contributed by atoms with Crippen molar-refractivity contribution in [2.24, 2.45) is 5.92 Å². The van der Waals surface area contributed by atoms with Gasteiger partial charge in [-0.05, 0) is 37.0 Å². The van der Waals surface area contributed by atoms with Crippen LogP contribution >= 0.6 is 0 Å². The minimum atomic E-state index is -4.52. The van der Waals surface area contributed by atoms with Crippen LogP contribution in [0, 0.1) is 5.92 Å². The van der Waals surface area contributed by atoms with Gasteiger partial charge < -0.3 is 15.5 Å². The molecule has 0 radical (unpaired) electrons. The van der Waals surface area contributed by atoms with E-state index in [0.29, 0.717) is 6.54 Å². The highest BCUT2D eigenvalue weighted by Gasteiger charge is 2.30. The van der Waals surface area contributed by atoms with Crippen LogP contribution in [0.15, 0.2) is 42.9 Å². The summed E-state index contributed by atoms with van der Waals surface area (Å²) in [5.41, 5.74) is -0.983. The maximum Gasteiger partial charge on any atom is 0.416 e. The van der Waals surface area contributed by atoms with Crippen molar-refractivity contribution in [3.8, 4) is 0 Å². The van der Waals surface area contributed by atoms with Crippen LogP contribution in [-0.2, 0) is 15.8 Å². The van der Waals surface area contributed by atoms with Gasteiger partial charge in [-0.2, -0.15) is 13.2 Å². The molecule has 0 unspecified atom stereocenters. The molecular weight excluding hydrogens is 387 g/mol. The highest BCUT2D eigenvalue weighted by molar-refractivity contribution is 6.39. The number of carbonyl (C=O) groups is 2. The molecule has 1 saturated heterocycles. The molecule has 1 aliphatic heterocycles. The first-order valence-corrected chi connectivity index (χ1v) is 9.10. The fraction of sp³-hybridized carbons (Fsp3) is 0.368. The molecule has 0 spiro atoms. The minimum Gasteiger partial charge on any atom is -0.355 e. The van der Waals surface area contributed by atoms with Crippen molar-refractivity contribution < 1.29 is 22.8 Å². The van der Waals surface area contributed by atoms with E-state index >= 15 is 0 Å². The lowest BCUT2D eigenvalue weighted by Gasteiger charge is -2.32. The number of hydrogen-bond acceptors (Lipinski definition) is 5. The standard InChI is InChI=1S/C19H20F3N5O2/c20-19(21,22)14-2-1-3-15(10-14)26-18(29)17(28)25-11-13-4-8-27(9-5-13)16-12-23-6-7-24-16/h1-3,6-7,10,12-13H,4-5,8-9,11H2,(H,25,28)(H,26,29). The second-order valence-corrected chi connectivity index (χ2v) is 6.74. The molecular formula is C19H20F3N5O2. The van der Waals surface area contributed by atoms with Crippen molar-refractivity contribution in [1.82, 2.24) is 15.3 Å². The summed E-state index contributed by atoms with van der Waals surface area (Å²) in [7, 11) is 0. The van der Waals surface area contributed by atoms with Crippen LogP contribution < -0.4 is 15.5 Å². The van der Waals surface area contributed by atoms with Gasteiger partial charge >= 0.3 is 18.0 Å². The van der Waals surface area contributed by atoms with Crippen LogP contribution in [0.25, 0.3) is 0 Å². The predicted molar refractivity (Wildman–Crippen MR) is 100 cm³/mol. The Morgan fingerprint density at radius 1 is 1.14 bits per heavy atom. The Balaban J connectivity index is 1.45. The van der Waals surface area contributed by atoms with E-state index in [-0.39, 0.29) is 11.6 Å². The van der Waals surface area contributed by atoms with Gasteiger partial charge in [0.1, 0.15) is 5.82 Å². The molecule has 2 heterocycles. The van der Waals surface area contributed by atoms with Crippen LogP contribution in [0.2, 0.25) is 0 Å². The molecule has 7 nitrogen and oxygen atoms in total. The number of halogens is 3. The zero-order valence-corrected chi connectivity index (χ0v) is 15.4. The second-order valence-electron chi connectivity index (χ2n) is 6.74. The van der Waals surface area contributed by atoms with E-state index in [4.69, 9.17) is 0 Å². The lowest BCUT2D eigenvalue weighted by molar-refractivity contribution is -0.137. The third kappa shape index (κ3) is 5.66. The van der Waals surface area contributed by atoms with E-state index in [2.05, 4.69) is 25.5 Å². The highest BCUT2D eigenvalue weighted by Crippen LogP contribution is 2.30. The van der Waals surface area contributed by atoms with Crippen molar-refractivity contribution in [3.63, 3.8) is 0 Å². The fourth-order valence-corrected chi connectivity index (χ4v) is 3.10. The van der Waals surface area contributed by atoms with Crippen molar-refractivity contribution in [3.05, 3.63) is 48.4 Å². The Labute approximate surface area is 165 Å². The fourth-order valence-electron chi connectivity index (χ4n) is 3.10. The van der Waals surface area contributed by atoms with E-state index in [0.717, 1.165) is 43.9 Å². The van der Waals surface area contributed by atoms with Gasteiger partial charge in [0, 0.05) is 37.7 Å². The van der Waals surface area contributed by atoms with E-state index in [9.17, 15) is 22.8 Å². The van der Waals surface area contributed by atoms with Gasteiger partial charge in [-0.3, -0.25) is 14.6 Å². The molecule has 0 bridgehead atoms. The maximum atomic E-state index is 12.7. The number of aromatic nitrogens is 2. The number of amides is 2. The molecule has 29 heavy (non-hydrogen) atoms. The minimum absolute atomic E-state index is 0.0859. The molecule has 2 amide bonds. The number of nitrogens with zero attached hydrogens (tertiary/aromatic N) is 3. The van der Waals surface area contributed by atoms with Gasteiger partial charge in [0.15, 0.2) is 0 Å². The molecule has 0 aliphatic carbocycles. The Bertz CT molecular complexity index is 852. The first-order chi connectivity index (χ1) is 13.8. The van der Waals surface area contributed by atoms with Gasteiger partial charge in [-0.15, -0.1) is 0 Å². The van der Waals surface area contributed by atoms with Gasteiger partial charge in [0.2, 0.25) is 0 Å². The lowest BCUT2D eigenvalue weighted by atomic mass is 9.97. The highest BCUT2D eigenvalue weighted by atomic mass is 19.4. The Hall–Kier alpha value is -3.17. The molecule has 3 rings (SSSR count). The number of alkyl halides is 3. The number of rotatable bonds is 4. The predicted octanol–water partition coefficient (Wildman–Crippen LogP) is 2.47. The number of carbonyl (C=O) groups excluding carboxylic acids is 2. The molecule has 0 atom stereocenters. The number of anilines is 2. The average Bonchev–Trinajstić information content (AvgIpc) is 2.72. The summed E-state index contributed by atoms with van der Waals surface area (Å²) >= 11 is 0. The van der Waals surface area contributed by atoms with Gasteiger partial charge in [-0.25, -0.2) is 4.98 Å². The Morgan fingerprint density at radius 2 is 1.90 bits per heavy atom. The van der Waals surface area contributed by atoms with Gasteiger partial charge in [0.05, 0.1) is 11.8 Å². The summed E-state index contributed by atoms with van der Waals surface area (Å²) in [5, 5.41) is 4.75. The van der Waals surface area contributed by atoms with E-state index in [1.165, 1.54) is 12.1 Å².